The van der Waals surface area contributed by atoms with E-state index in [4.69, 9.17) is 21.1 Å². The molecule has 0 spiro atoms. The van der Waals surface area contributed by atoms with E-state index in [9.17, 15) is 14.0 Å². The lowest BCUT2D eigenvalue weighted by molar-refractivity contribution is -0.155. The van der Waals surface area contributed by atoms with Gasteiger partial charge in [-0.2, -0.15) is 0 Å². The Morgan fingerprint density at radius 2 is 1.88 bits per heavy atom. The Balaban J connectivity index is 1.84. The standard InChI is InChI=1S/C18H17ClFNO4/c1-11-15(19)4-3-5-16(11)21-18(23)12(2)25-17(22)10-24-14-8-6-13(20)7-9-14/h3-9,12H,10H2,1-2H3,(H,21,23)/t12-/m1/s1. The second-order valence-corrected chi connectivity index (χ2v) is 5.68. The molecule has 1 atom stereocenters. The molecular formula is C18H17ClFNO4. The van der Waals surface area contributed by atoms with Crippen molar-refractivity contribution in [1.29, 1.82) is 0 Å². The molecule has 0 heterocycles. The van der Waals surface area contributed by atoms with E-state index >= 15 is 0 Å². The van der Waals surface area contributed by atoms with Gasteiger partial charge in [-0.05, 0) is 55.8 Å². The number of carbonyl (C=O) groups is 2. The SMILES string of the molecule is Cc1c(Cl)cccc1NC(=O)[C@@H](C)OC(=O)COc1ccc(F)cc1. The van der Waals surface area contributed by atoms with Gasteiger partial charge < -0.3 is 14.8 Å². The lowest BCUT2D eigenvalue weighted by Crippen LogP contribution is -2.31. The van der Waals surface area contributed by atoms with Gasteiger partial charge in [0, 0.05) is 10.7 Å². The molecular weight excluding hydrogens is 349 g/mol. The molecule has 0 aliphatic heterocycles. The number of amides is 1. The van der Waals surface area contributed by atoms with Gasteiger partial charge in [-0.25, -0.2) is 9.18 Å². The van der Waals surface area contributed by atoms with Gasteiger partial charge in [-0.1, -0.05) is 17.7 Å². The van der Waals surface area contributed by atoms with Crippen LogP contribution in [0.5, 0.6) is 5.75 Å². The van der Waals surface area contributed by atoms with Crippen LogP contribution in [-0.4, -0.2) is 24.6 Å². The molecule has 0 saturated heterocycles. The summed E-state index contributed by atoms with van der Waals surface area (Å²) >= 11 is 5.99. The van der Waals surface area contributed by atoms with Gasteiger partial charge in [0.2, 0.25) is 0 Å². The lowest BCUT2D eigenvalue weighted by Gasteiger charge is -2.15. The van der Waals surface area contributed by atoms with Gasteiger partial charge in [-0.3, -0.25) is 4.79 Å². The largest absolute Gasteiger partial charge is 0.482 e. The number of carbonyl (C=O) groups excluding carboxylic acids is 2. The number of hydrogen-bond donors (Lipinski definition) is 1. The third kappa shape index (κ3) is 5.46. The molecule has 0 aliphatic rings. The number of esters is 1. The molecule has 0 saturated carbocycles. The van der Waals surface area contributed by atoms with Crippen LogP contribution in [-0.2, 0) is 14.3 Å². The summed E-state index contributed by atoms with van der Waals surface area (Å²) in [5.41, 5.74) is 1.26. The van der Waals surface area contributed by atoms with E-state index in [1.54, 1.807) is 25.1 Å². The summed E-state index contributed by atoms with van der Waals surface area (Å²) in [6, 6.07) is 10.3. The van der Waals surface area contributed by atoms with Crippen molar-refractivity contribution in [3.05, 3.63) is 58.9 Å². The van der Waals surface area contributed by atoms with Crippen LogP contribution < -0.4 is 10.1 Å². The Morgan fingerprint density at radius 3 is 2.56 bits per heavy atom. The molecule has 0 unspecified atom stereocenters. The van der Waals surface area contributed by atoms with E-state index in [1.807, 2.05) is 0 Å². The summed E-state index contributed by atoms with van der Waals surface area (Å²) in [6.07, 6.45) is -1.01. The van der Waals surface area contributed by atoms with Crippen LogP contribution in [0.25, 0.3) is 0 Å². The van der Waals surface area contributed by atoms with Crippen LogP contribution in [0.1, 0.15) is 12.5 Å². The maximum atomic E-state index is 12.8. The van der Waals surface area contributed by atoms with Crippen molar-refractivity contribution < 1.29 is 23.5 Å². The van der Waals surface area contributed by atoms with Crippen LogP contribution in [0, 0.1) is 12.7 Å². The first-order valence-corrected chi connectivity index (χ1v) is 7.88. The molecule has 0 aliphatic carbocycles. The van der Waals surface area contributed by atoms with E-state index in [0.29, 0.717) is 16.5 Å². The van der Waals surface area contributed by atoms with Crippen LogP contribution in [0.15, 0.2) is 42.5 Å². The second-order valence-electron chi connectivity index (χ2n) is 5.28. The van der Waals surface area contributed by atoms with Gasteiger partial charge in [0.1, 0.15) is 11.6 Å². The molecule has 1 N–H and O–H groups in total. The fraction of sp³-hybridized carbons (Fsp3) is 0.222. The minimum Gasteiger partial charge on any atom is -0.482 e. The van der Waals surface area contributed by atoms with Crippen molar-refractivity contribution in [1.82, 2.24) is 0 Å². The average molecular weight is 366 g/mol. The first kappa shape index (κ1) is 18.7. The van der Waals surface area contributed by atoms with E-state index in [2.05, 4.69) is 5.32 Å². The fourth-order valence-corrected chi connectivity index (χ4v) is 2.11. The van der Waals surface area contributed by atoms with Crippen LogP contribution in [0.2, 0.25) is 5.02 Å². The first-order valence-electron chi connectivity index (χ1n) is 7.50. The van der Waals surface area contributed by atoms with Crippen molar-refractivity contribution in [3.8, 4) is 5.75 Å². The minimum atomic E-state index is -1.01. The third-order valence-electron chi connectivity index (χ3n) is 3.37. The summed E-state index contributed by atoms with van der Waals surface area (Å²) in [7, 11) is 0. The van der Waals surface area contributed by atoms with E-state index < -0.39 is 23.8 Å². The average Bonchev–Trinajstić information content (AvgIpc) is 2.58. The molecule has 0 aromatic heterocycles. The lowest BCUT2D eigenvalue weighted by atomic mass is 10.2. The zero-order valence-corrected chi connectivity index (χ0v) is 14.5. The monoisotopic (exact) mass is 365 g/mol. The number of ether oxygens (including phenoxy) is 2. The Hall–Kier alpha value is -2.60. The predicted molar refractivity (Wildman–Crippen MR) is 92.3 cm³/mol. The highest BCUT2D eigenvalue weighted by Crippen LogP contribution is 2.23. The highest BCUT2D eigenvalue weighted by molar-refractivity contribution is 6.31. The number of hydrogen-bond acceptors (Lipinski definition) is 4. The smallest absolute Gasteiger partial charge is 0.344 e. The minimum absolute atomic E-state index is 0.324. The Labute approximate surface area is 149 Å². The number of benzene rings is 2. The highest BCUT2D eigenvalue weighted by Gasteiger charge is 2.19. The molecule has 25 heavy (non-hydrogen) atoms. The number of halogens is 2. The molecule has 2 rings (SSSR count). The normalized spacial score (nSPS) is 11.5. The molecule has 0 fully saturated rings. The Morgan fingerprint density at radius 1 is 1.20 bits per heavy atom. The Bertz CT molecular complexity index is 764. The van der Waals surface area contributed by atoms with Crippen molar-refractivity contribution in [3.63, 3.8) is 0 Å². The molecule has 0 radical (unpaired) electrons. The van der Waals surface area contributed by atoms with Crippen LogP contribution in [0.3, 0.4) is 0 Å². The van der Waals surface area contributed by atoms with Crippen molar-refractivity contribution in [2.45, 2.75) is 20.0 Å². The van der Waals surface area contributed by atoms with E-state index in [-0.39, 0.29) is 6.61 Å². The van der Waals surface area contributed by atoms with Crippen molar-refractivity contribution >= 4 is 29.2 Å². The quantitative estimate of drug-likeness (QED) is 0.792. The maximum absolute atomic E-state index is 12.8. The van der Waals surface area contributed by atoms with Gasteiger partial charge in [-0.15, -0.1) is 0 Å². The summed E-state index contributed by atoms with van der Waals surface area (Å²) in [6.45, 7) is 2.83. The highest BCUT2D eigenvalue weighted by atomic mass is 35.5. The summed E-state index contributed by atoms with van der Waals surface area (Å²) < 4.78 is 23.0. The zero-order valence-electron chi connectivity index (χ0n) is 13.7. The summed E-state index contributed by atoms with van der Waals surface area (Å²) in [5, 5.41) is 3.18. The maximum Gasteiger partial charge on any atom is 0.344 e. The van der Waals surface area contributed by atoms with Crippen molar-refractivity contribution in [2.24, 2.45) is 0 Å². The van der Waals surface area contributed by atoms with Gasteiger partial charge in [0.25, 0.3) is 5.91 Å². The van der Waals surface area contributed by atoms with Crippen LogP contribution >= 0.6 is 11.6 Å². The number of nitrogens with one attached hydrogen (secondary N) is 1. The molecule has 1 amide bonds. The van der Waals surface area contributed by atoms with E-state index in [0.717, 1.165) is 5.56 Å². The molecule has 132 valence electrons. The molecule has 2 aromatic carbocycles. The number of rotatable bonds is 6. The summed E-state index contributed by atoms with van der Waals surface area (Å²) in [5.74, 6) is -1.28. The molecule has 5 nitrogen and oxygen atoms in total. The molecule has 2 aromatic rings. The third-order valence-corrected chi connectivity index (χ3v) is 3.78. The topological polar surface area (TPSA) is 64.6 Å². The molecule has 7 heteroatoms. The van der Waals surface area contributed by atoms with E-state index in [1.165, 1.54) is 31.2 Å². The zero-order chi connectivity index (χ0) is 18.4. The van der Waals surface area contributed by atoms with Gasteiger partial charge >= 0.3 is 5.97 Å². The fourth-order valence-electron chi connectivity index (χ4n) is 1.94. The van der Waals surface area contributed by atoms with Gasteiger partial charge in [0.15, 0.2) is 12.7 Å². The summed E-state index contributed by atoms with van der Waals surface area (Å²) in [4.78, 5) is 23.9. The number of anilines is 1. The van der Waals surface area contributed by atoms with Crippen molar-refractivity contribution in [2.75, 3.05) is 11.9 Å². The van der Waals surface area contributed by atoms with Gasteiger partial charge in [0.05, 0.1) is 0 Å². The second kappa shape index (κ2) is 8.48. The Kier molecular flexibility index (Phi) is 6.36. The first-order chi connectivity index (χ1) is 11.9. The molecule has 0 bridgehead atoms. The predicted octanol–water partition coefficient (Wildman–Crippen LogP) is 3.74. The van der Waals surface area contributed by atoms with Crippen LogP contribution in [0.4, 0.5) is 10.1 Å².